The number of nitrogens with one attached hydrogen (secondary N) is 1. The van der Waals surface area contributed by atoms with Gasteiger partial charge in [0.05, 0.1) is 30.0 Å². The zero-order chi connectivity index (χ0) is 31.0. The number of alkyl halides is 3. The predicted molar refractivity (Wildman–Crippen MR) is 160 cm³/mol. The minimum absolute atomic E-state index is 0.0196. The van der Waals surface area contributed by atoms with Crippen molar-refractivity contribution in [1.82, 2.24) is 4.57 Å². The second-order valence-corrected chi connectivity index (χ2v) is 11.8. The Bertz CT molecular complexity index is 1450. The van der Waals surface area contributed by atoms with Gasteiger partial charge >= 0.3 is 12.1 Å². The lowest BCUT2D eigenvalue weighted by molar-refractivity contribution is -0.154. The Labute approximate surface area is 250 Å². The molecular formula is C34H39F3N2O4. The number of carbonyl (C=O) groups excluding carboxylic acids is 2. The number of hydrogen-bond donors (Lipinski definition) is 1. The molecule has 2 aliphatic rings. The number of rotatable bonds is 9. The van der Waals surface area contributed by atoms with Crippen LogP contribution in [0.25, 0.3) is 0 Å². The highest BCUT2D eigenvalue weighted by atomic mass is 19.4. The molecule has 0 spiro atoms. The first kappa shape index (κ1) is 32.0. The topological polar surface area (TPSA) is 77.4 Å². The molecular weight excluding hydrogens is 557 g/mol. The highest BCUT2D eigenvalue weighted by Gasteiger charge is 2.51. The molecule has 2 saturated carbocycles. The number of halogens is 3. The molecule has 1 aromatic heterocycles. The first-order valence-electron chi connectivity index (χ1n) is 14.9. The van der Waals surface area contributed by atoms with Gasteiger partial charge in [-0.05, 0) is 68.0 Å². The van der Waals surface area contributed by atoms with E-state index in [2.05, 4.69) is 5.32 Å². The van der Waals surface area contributed by atoms with Crippen LogP contribution in [0, 0.1) is 5.41 Å². The molecule has 43 heavy (non-hydrogen) atoms. The fraction of sp³-hybridized carbons (Fsp3) is 0.441. The first-order valence-corrected chi connectivity index (χ1v) is 14.9. The van der Waals surface area contributed by atoms with Gasteiger partial charge in [0.1, 0.15) is 0 Å². The molecule has 1 heterocycles. The summed E-state index contributed by atoms with van der Waals surface area (Å²) >= 11 is 0. The van der Waals surface area contributed by atoms with Gasteiger partial charge in [0.2, 0.25) is 5.91 Å². The SMILES string of the molecule is C1CCCC1.CC(C)OC(=O)C1(Cc2cccc(NC(=O)Cc3ccc(Cn4cc(C(F)(F)F)ccc4=O)cc3)c2)CC1. The predicted octanol–water partition coefficient (Wildman–Crippen LogP) is 7.32. The van der Waals surface area contributed by atoms with Gasteiger partial charge in [-0.1, -0.05) is 68.5 Å². The van der Waals surface area contributed by atoms with Gasteiger partial charge in [0.15, 0.2) is 0 Å². The molecule has 0 unspecified atom stereocenters. The number of aromatic nitrogens is 1. The number of carbonyl (C=O) groups is 2. The quantitative estimate of drug-likeness (QED) is 0.263. The highest BCUT2D eigenvalue weighted by Crippen LogP contribution is 2.49. The van der Waals surface area contributed by atoms with Gasteiger partial charge in [0, 0.05) is 18.0 Å². The van der Waals surface area contributed by atoms with Crippen LogP contribution in [0.3, 0.4) is 0 Å². The van der Waals surface area contributed by atoms with E-state index in [9.17, 15) is 27.6 Å². The molecule has 1 N–H and O–H groups in total. The number of ether oxygens (including phenoxy) is 1. The normalized spacial score (nSPS) is 15.4. The summed E-state index contributed by atoms with van der Waals surface area (Å²) in [4.78, 5) is 37.1. The molecule has 2 aromatic carbocycles. The fourth-order valence-electron chi connectivity index (χ4n) is 5.15. The number of nitrogens with zero attached hydrogens (tertiary/aromatic N) is 1. The monoisotopic (exact) mass is 596 g/mol. The first-order chi connectivity index (χ1) is 20.4. The third-order valence-electron chi connectivity index (χ3n) is 7.68. The molecule has 6 nitrogen and oxygen atoms in total. The van der Waals surface area contributed by atoms with Crippen LogP contribution in [0.2, 0.25) is 0 Å². The summed E-state index contributed by atoms with van der Waals surface area (Å²) < 4.78 is 45.3. The van der Waals surface area contributed by atoms with Gasteiger partial charge in [-0.15, -0.1) is 0 Å². The molecule has 0 radical (unpaired) electrons. The van der Waals surface area contributed by atoms with Crippen molar-refractivity contribution in [1.29, 1.82) is 0 Å². The van der Waals surface area contributed by atoms with Gasteiger partial charge in [-0.2, -0.15) is 13.2 Å². The number of hydrogen-bond acceptors (Lipinski definition) is 4. The van der Waals surface area contributed by atoms with E-state index in [-0.39, 0.29) is 30.9 Å². The summed E-state index contributed by atoms with van der Waals surface area (Å²) in [7, 11) is 0. The van der Waals surface area contributed by atoms with E-state index >= 15 is 0 Å². The van der Waals surface area contributed by atoms with Crippen molar-refractivity contribution < 1.29 is 27.5 Å². The number of esters is 1. The summed E-state index contributed by atoms with van der Waals surface area (Å²) in [5, 5.41) is 2.87. The molecule has 1 amide bonds. The molecule has 5 rings (SSSR count). The average Bonchev–Trinajstić information content (AvgIpc) is 3.46. The zero-order valence-electron chi connectivity index (χ0n) is 24.7. The number of anilines is 1. The molecule has 9 heteroatoms. The summed E-state index contributed by atoms with van der Waals surface area (Å²) in [6, 6.07) is 15.8. The maximum absolute atomic E-state index is 13.0. The lowest BCUT2D eigenvalue weighted by Crippen LogP contribution is -2.24. The third-order valence-corrected chi connectivity index (χ3v) is 7.68. The fourth-order valence-corrected chi connectivity index (χ4v) is 5.15. The molecule has 0 atom stereocenters. The van der Waals surface area contributed by atoms with Crippen LogP contribution in [-0.2, 0) is 39.9 Å². The van der Waals surface area contributed by atoms with E-state index in [0.717, 1.165) is 41.3 Å². The maximum Gasteiger partial charge on any atom is 0.417 e. The minimum Gasteiger partial charge on any atom is -0.463 e. The van der Waals surface area contributed by atoms with Gasteiger partial charge in [0.25, 0.3) is 5.56 Å². The Hall–Kier alpha value is -3.88. The van der Waals surface area contributed by atoms with Crippen molar-refractivity contribution in [3.05, 3.63) is 99.5 Å². The Balaban J connectivity index is 0.000000767. The minimum atomic E-state index is -4.54. The lowest BCUT2D eigenvalue weighted by atomic mass is 9.96. The summed E-state index contributed by atoms with van der Waals surface area (Å²) in [6.45, 7) is 3.64. The number of pyridine rings is 1. The molecule has 0 saturated heterocycles. The van der Waals surface area contributed by atoms with Crippen molar-refractivity contribution in [3.63, 3.8) is 0 Å². The van der Waals surface area contributed by atoms with Crippen LogP contribution in [0.5, 0.6) is 0 Å². The second kappa shape index (κ2) is 14.1. The largest absolute Gasteiger partial charge is 0.463 e. The van der Waals surface area contributed by atoms with E-state index < -0.39 is 22.7 Å². The maximum atomic E-state index is 13.0. The van der Waals surface area contributed by atoms with Crippen LogP contribution in [0.4, 0.5) is 18.9 Å². The number of benzene rings is 2. The third kappa shape index (κ3) is 9.56. The Morgan fingerprint density at radius 2 is 1.53 bits per heavy atom. The van der Waals surface area contributed by atoms with Crippen molar-refractivity contribution in [2.45, 2.75) is 90.5 Å². The highest BCUT2D eigenvalue weighted by molar-refractivity contribution is 5.92. The van der Waals surface area contributed by atoms with E-state index in [1.54, 1.807) is 30.3 Å². The molecule has 2 aliphatic carbocycles. The van der Waals surface area contributed by atoms with E-state index in [1.165, 1.54) is 32.1 Å². The standard InChI is InChI=1S/C29H29F3N2O4.C5H10/c1-19(2)38-27(37)28(12-13-28)16-22-4-3-5-24(14-22)33-25(35)15-20-6-8-21(9-7-20)17-34-18-23(29(30,31)32)10-11-26(34)36;1-2-4-5-3-1/h3-11,14,18-19H,12-13,15-17H2,1-2H3,(H,33,35);1-5H2. The van der Waals surface area contributed by atoms with Gasteiger partial charge in [-0.25, -0.2) is 0 Å². The van der Waals surface area contributed by atoms with Crippen LogP contribution in [-0.4, -0.2) is 22.5 Å². The van der Waals surface area contributed by atoms with Gasteiger partial charge in [-0.3, -0.25) is 14.4 Å². The Kier molecular flexibility index (Phi) is 10.5. The van der Waals surface area contributed by atoms with E-state index in [0.29, 0.717) is 23.2 Å². The van der Waals surface area contributed by atoms with Crippen LogP contribution >= 0.6 is 0 Å². The Morgan fingerprint density at radius 3 is 2.12 bits per heavy atom. The van der Waals surface area contributed by atoms with Crippen molar-refractivity contribution >= 4 is 17.6 Å². The van der Waals surface area contributed by atoms with Crippen LogP contribution in [0.15, 0.2) is 71.7 Å². The molecule has 0 aliphatic heterocycles. The van der Waals surface area contributed by atoms with E-state index in [4.69, 9.17) is 4.74 Å². The van der Waals surface area contributed by atoms with Crippen molar-refractivity contribution in [2.75, 3.05) is 5.32 Å². The van der Waals surface area contributed by atoms with Crippen LogP contribution < -0.4 is 10.9 Å². The molecule has 230 valence electrons. The summed E-state index contributed by atoms with van der Waals surface area (Å²) in [5.74, 6) is -0.410. The second-order valence-electron chi connectivity index (χ2n) is 11.8. The lowest BCUT2D eigenvalue weighted by Gasteiger charge is -2.17. The smallest absolute Gasteiger partial charge is 0.417 e. The van der Waals surface area contributed by atoms with E-state index in [1.807, 2.05) is 32.0 Å². The summed E-state index contributed by atoms with van der Waals surface area (Å²) in [5.41, 5.74) is 1.01. The molecule has 2 fully saturated rings. The summed E-state index contributed by atoms with van der Waals surface area (Å²) in [6.07, 6.45) is 5.82. The average molecular weight is 597 g/mol. The van der Waals surface area contributed by atoms with Gasteiger partial charge < -0.3 is 14.6 Å². The zero-order valence-corrected chi connectivity index (χ0v) is 24.7. The number of amides is 1. The van der Waals surface area contributed by atoms with Crippen molar-refractivity contribution in [2.24, 2.45) is 5.41 Å². The Morgan fingerprint density at radius 1 is 0.907 bits per heavy atom. The van der Waals surface area contributed by atoms with Crippen molar-refractivity contribution in [3.8, 4) is 0 Å². The molecule has 3 aromatic rings. The molecule has 0 bridgehead atoms. The van der Waals surface area contributed by atoms with Crippen LogP contribution in [0.1, 0.15) is 81.0 Å².